The highest BCUT2D eigenvalue weighted by Gasteiger charge is 2.25. The van der Waals surface area contributed by atoms with E-state index in [1.165, 1.54) is 6.07 Å². The number of rotatable bonds is 1. The van der Waals surface area contributed by atoms with Gasteiger partial charge in [0.25, 0.3) is 0 Å². The van der Waals surface area contributed by atoms with Gasteiger partial charge in [-0.15, -0.1) is 0 Å². The van der Waals surface area contributed by atoms with Crippen molar-refractivity contribution < 1.29 is 14.6 Å². The second kappa shape index (κ2) is 2.90. The first-order chi connectivity index (χ1) is 6.58. The fourth-order valence-electron chi connectivity index (χ4n) is 1.72. The standard InChI is InChI=1S/C10H11NO3/c1-5-2-7-8(10(12)13)3-6(11)4-9(7)14-5/h3-5H,2,11H2,1H3,(H,12,13). The summed E-state index contributed by atoms with van der Waals surface area (Å²) in [6, 6.07) is 3.15. The topological polar surface area (TPSA) is 72.6 Å². The number of benzene rings is 1. The maximum atomic E-state index is 10.9. The van der Waals surface area contributed by atoms with E-state index < -0.39 is 5.97 Å². The van der Waals surface area contributed by atoms with Crippen LogP contribution in [-0.2, 0) is 6.42 Å². The Hall–Kier alpha value is -1.71. The van der Waals surface area contributed by atoms with Crippen molar-refractivity contribution in [1.82, 2.24) is 0 Å². The molecule has 1 aromatic rings. The first-order valence-electron chi connectivity index (χ1n) is 4.40. The number of carboxylic acids is 1. The maximum absolute atomic E-state index is 10.9. The molecule has 74 valence electrons. The maximum Gasteiger partial charge on any atom is 0.336 e. The lowest BCUT2D eigenvalue weighted by Gasteiger charge is -2.04. The van der Waals surface area contributed by atoms with Crippen molar-refractivity contribution in [2.75, 3.05) is 5.73 Å². The van der Waals surface area contributed by atoms with Gasteiger partial charge in [-0.1, -0.05) is 0 Å². The van der Waals surface area contributed by atoms with Crippen LogP contribution >= 0.6 is 0 Å². The Labute approximate surface area is 81.3 Å². The number of carboxylic acid groups (broad SMARTS) is 1. The van der Waals surface area contributed by atoms with E-state index in [2.05, 4.69) is 0 Å². The van der Waals surface area contributed by atoms with Gasteiger partial charge in [-0.05, 0) is 13.0 Å². The summed E-state index contributed by atoms with van der Waals surface area (Å²) in [6.45, 7) is 1.90. The number of ether oxygens (including phenoxy) is 1. The van der Waals surface area contributed by atoms with Crippen LogP contribution in [0.5, 0.6) is 5.75 Å². The molecule has 1 aromatic carbocycles. The first-order valence-corrected chi connectivity index (χ1v) is 4.40. The van der Waals surface area contributed by atoms with Gasteiger partial charge in [0.15, 0.2) is 0 Å². The summed E-state index contributed by atoms with van der Waals surface area (Å²) >= 11 is 0. The molecule has 1 unspecified atom stereocenters. The molecule has 2 rings (SSSR count). The molecular formula is C10H11NO3. The lowest BCUT2D eigenvalue weighted by Crippen LogP contribution is -2.06. The van der Waals surface area contributed by atoms with Gasteiger partial charge in [0.1, 0.15) is 11.9 Å². The van der Waals surface area contributed by atoms with Crippen molar-refractivity contribution in [3.8, 4) is 5.75 Å². The van der Waals surface area contributed by atoms with E-state index >= 15 is 0 Å². The summed E-state index contributed by atoms with van der Waals surface area (Å²) in [5.74, 6) is -0.346. The normalized spacial score (nSPS) is 18.8. The van der Waals surface area contributed by atoms with Crippen LogP contribution in [0.25, 0.3) is 0 Å². The second-order valence-corrected chi connectivity index (χ2v) is 3.48. The van der Waals surface area contributed by atoms with E-state index in [0.29, 0.717) is 17.9 Å². The number of carbonyl (C=O) groups is 1. The summed E-state index contributed by atoms with van der Waals surface area (Å²) in [7, 11) is 0. The van der Waals surface area contributed by atoms with Crippen molar-refractivity contribution in [2.24, 2.45) is 0 Å². The lowest BCUT2D eigenvalue weighted by atomic mass is 10.0. The predicted octanol–water partition coefficient (Wildman–Crippen LogP) is 1.29. The van der Waals surface area contributed by atoms with Crippen LogP contribution in [0, 0.1) is 0 Å². The van der Waals surface area contributed by atoms with Crippen LogP contribution in [-0.4, -0.2) is 17.2 Å². The number of anilines is 1. The zero-order valence-electron chi connectivity index (χ0n) is 7.78. The van der Waals surface area contributed by atoms with E-state index in [1.54, 1.807) is 6.07 Å². The SMILES string of the molecule is CC1Cc2c(cc(N)cc2C(=O)O)O1. The average Bonchev–Trinajstić information content (AvgIpc) is 2.42. The highest BCUT2D eigenvalue weighted by Crippen LogP contribution is 2.33. The highest BCUT2D eigenvalue weighted by molar-refractivity contribution is 5.91. The van der Waals surface area contributed by atoms with Gasteiger partial charge >= 0.3 is 5.97 Å². The fourth-order valence-corrected chi connectivity index (χ4v) is 1.72. The third-order valence-electron chi connectivity index (χ3n) is 2.28. The molecule has 0 aliphatic carbocycles. The van der Waals surface area contributed by atoms with Crippen molar-refractivity contribution in [1.29, 1.82) is 0 Å². The Morgan fingerprint density at radius 3 is 3.00 bits per heavy atom. The molecule has 1 atom stereocenters. The van der Waals surface area contributed by atoms with Gasteiger partial charge < -0.3 is 15.6 Å². The molecule has 1 aliphatic heterocycles. The van der Waals surface area contributed by atoms with Gasteiger partial charge in [0.05, 0.1) is 5.56 Å². The molecule has 0 spiro atoms. The molecule has 0 saturated heterocycles. The molecule has 14 heavy (non-hydrogen) atoms. The van der Waals surface area contributed by atoms with E-state index in [0.717, 1.165) is 5.56 Å². The van der Waals surface area contributed by atoms with Crippen molar-refractivity contribution in [2.45, 2.75) is 19.4 Å². The minimum Gasteiger partial charge on any atom is -0.490 e. The first kappa shape index (κ1) is 8.87. The minimum atomic E-state index is -0.953. The predicted molar refractivity (Wildman–Crippen MR) is 51.6 cm³/mol. The van der Waals surface area contributed by atoms with Crippen LogP contribution in [0.15, 0.2) is 12.1 Å². The summed E-state index contributed by atoms with van der Waals surface area (Å²) in [5, 5.41) is 8.95. The zero-order chi connectivity index (χ0) is 10.3. The Balaban J connectivity index is 2.57. The number of nitrogen functional groups attached to an aromatic ring is 1. The van der Waals surface area contributed by atoms with Crippen LogP contribution in [0.3, 0.4) is 0 Å². The molecular weight excluding hydrogens is 182 g/mol. The molecule has 1 heterocycles. The molecule has 0 aromatic heterocycles. The molecule has 4 nitrogen and oxygen atoms in total. The minimum absolute atomic E-state index is 0.0323. The van der Waals surface area contributed by atoms with Crippen LogP contribution in [0.1, 0.15) is 22.8 Å². The summed E-state index contributed by atoms with van der Waals surface area (Å²) in [4.78, 5) is 10.9. The van der Waals surface area contributed by atoms with Crippen LogP contribution in [0.4, 0.5) is 5.69 Å². The Bertz CT molecular complexity index is 401. The number of aromatic carboxylic acids is 1. The largest absolute Gasteiger partial charge is 0.490 e. The molecule has 1 aliphatic rings. The molecule has 0 radical (unpaired) electrons. The van der Waals surface area contributed by atoms with E-state index in [4.69, 9.17) is 15.6 Å². The Kier molecular flexibility index (Phi) is 1.84. The third-order valence-corrected chi connectivity index (χ3v) is 2.28. The van der Waals surface area contributed by atoms with Gasteiger partial charge in [0, 0.05) is 23.7 Å². The molecule has 0 saturated carbocycles. The quantitative estimate of drug-likeness (QED) is 0.659. The monoisotopic (exact) mass is 193 g/mol. The van der Waals surface area contributed by atoms with E-state index in [-0.39, 0.29) is 11.7 Å². The van der Waals surface area contributed by atoms with Gasteiger partial charge in [-0.3, -0.25) is 0 Å². The molecule has 0 fully saturated rings. The summed E-state index contributed by atoms with van der Waals surface area (Å²) in [5.41, 5.74) is 7.00. The average molecular weight is 193 g/mol. The van der Waals surface area contributed by atoms with Gasteiger partial charge in [-0.2, -0.15) is 0 Å². The second-order valence-electron chi connectivity index (χ2n) is 3.48. The van der Waals surface area contributed by atoms with Crippen molar-refractivity contribution >= 4 is 11.7 Å². The number of fused-ring (bicyclic) bond motifs is 1. The molecule has 0 bridgehead atoms. The summed E-state index contributed by atoms with van der Waals surface area (Å²) in [6.07, 6.45) is 0.668. The Morgan fingerprint density at radius 1 is 1.64 bits per heavy atom. The number of hydrogen-bond acceptors (Lipinski definition) is 3. The van der Waals surface area contributed by atoms with Crippen molar-refractivity contribution in [3.63, 3.8) is 0 Å². The van der Waals surface area contributed by atoms with Crippen LogP contribution < -0.4 is 10.5 Å². The van der Waals surface area contributed by atoms with Crippen LogP contribution in [0.2, 0.25) is 0 Å². The molecule has 3 N–H and O–H groups in total. The summed E-state index contributed by atoms with van der Waals surface area (Å²) < 4.78 is 5.44. The van der Waals surface area contributed by atoms with Gasteiger partial charge in [-0.25, -0.2) is 4.79 Å². The fraction of sp³-hybridized carbons (Fsp3) is 0.300. The zero-order valence-corrected chi connectivity index (χ0v) is 7.78. The van der Waals surface area contributed by atoms with E-state index in [1.807, 2.05) is 6.92 Å². The molecule has 0 amide bonds. The lowest BCUT2D eigenvalue weighted by molar-refractivity contribution is 0.0696. The van der Waals surface area contributed by atoms with Crippen molar-refractivity contribution in [3.05, 3.63) is 23.3 Å². The number of hydrogen-bond donors (Lipinski definition) is 2. The smallest absolute Gasteiger partial charge is 0.336 e. The van der Waals surface area contributed by atoms with E-state index in [9.17, 15) is 4.79 Å². The third kappa shape index (κ3) is 1.28. The van der Waals surface area contributed by atoms with Gasteiger partial charge in [0.2, 0.25) is 0 Å². The molecule has 4 heteroatoms. The highest BCUT2D eigenvalue weighted by atomic mass is 16.5. The Morgan fingerprint density at radius 2 is 2.36 bits per heavy atom. The number of nitrogens with two attached hydrogens (primary N) is 1.